The Bertz CT molecular complexity index is 1150. The Hall–Kier alpha value is -2.81. The lowest BCUT2D eigenvalue weighted by Gasteiger charge is -2.39. The van der Waals surface area contributed by atoms with E-state index in [1.54, 1.807) is 17.0 Å². The number of benzene rings is 1. The molecule has 2 atom stereocenters. The van der Waals surface area contributed by atoms with E-state index < -0.39 is 45.6 Å². The summed E-state index contributed by atoms with van der Waals surface area (Å²) in [5.41, 5.74) is -0.0379. The van der Waals surface area contributed by atoms with Gasteiger partial charge in [0.25, 0.3) is 0 Å². The van der Waals surface area contributed by atoms with Crippen LogP contribution in [0.5, 0.6) is 0 Å². The first-order valence-electron chi connectivity index (χ1n) is 12.6. The van der Waals surface area contributed by atoms with Gasteiger partial charge in [-0.2, -0.15) is 18.4 Å². The quantitative estimate of drug-likeness (QED) is 0.569. The van der Waals surface area contributed by atoms with E-state index in [9.17, 15) is 36.4 Å². The average Bonchev–Trinajstić information content (AvgIpc) is 3.67. The van der Waals surface area contributed by atoms with Crippen LogP contribution in [0, 0.1) is 23.2 Å². The van der Waals surface area contributed by atoms with Crippen LogP contribution in [0.4, 0.5) is 18.9 Å². The van der Waals surface area contributed by atoms with Gasteiger partial charge >= 0.3 is 6.18 Å². The second-order valence-corrected chi connectivity index (χ2v) is 12.3. The molecular formula is C25H31F3N4O4S. The Morgan fingerprint density at radius 3 is 2.16 bits per heavy atom. The van der Waals surface area contributed by atoms with Crippen LogP contribution in [0.25, 0.3) is 0 Å². The molecule has 2 aliphatic carbocycles. The van der Waals surface area contributed by atoms with Gasteiger partial charge < -0.3 is 15.1 Å². The summed E-state index contributed by atoms with van der Waals surface area (Å²) in [6, 6.07) is 7.94. The van der Waals surface area contributed by atoms with Crippen molar-refractivity contribution in [1.29, 1.82) is 5.26 Å². The van der Waals surface area contributed by atoms with Crippen LogP contribution in [0.3, 0.4) is 0 Å². The molecule has 1 aromatic rings. The summed E-state index contributed by atoms with van der Waals surface area (Å²) < 4.78 is 61.7. The third-order valence-electron chi connectivity index (χ3n) is 7.55. The summed E-state index contributed by atoms with van der Waals surface area (Å²) >= 11 is 0. The molecule has 0 unspecified atom stereocenters. The molecule has 1 heterocycles. The molecule has 1 N–H and O–H groups in total. The first-order chi connectivity index (χ1) is 17.4. The minimum atomic E-state index is -4.54. The summed E-state index contributed by atoms with van der Waals surface area (Å²) in [6.45, 7) is 1.90. The molecule has 0 bridgehead atoms. The molecule has 37 heavy (non-hydrogen) atoms. The second-order valence-electron chi connectivity index (χ2n) is 10.2. The van der Waals surface area contributed by atoms with Crippen molar-refractivity contribution in [1.82, 2.24) is 10.2 Å². The van der Waals surface area contributed by atoms with E-state index in [0.29, 0.717) is 51.9 Å². The fraction of sp³-hybridized carbons (Fsp3) is 0.640. The summed E-state index contributed by atoms with van der Waals surface area (Å²) in [5.74, 6) is -2.09. The fourth-order valence-corrected chi connectivity index (χ4v) is 6.40. The molecule has 202 valence electrons. The van der Waals surface area contributed by atoms with E-state index in [-0.39, 0.29) is 16.7 Å². The third-order valence-corrected chi connectivity index (χ3v) is 9.28. The van der Waals surface area contributed by atoms with Crippen molar-refractivity contribution < 1.29 is 31.2 Å². The highest BCUT2D eigenvalue weighted by molar-refractivity contribution is 7.91. The predicted molar refractivity (Wildman–Crippen MR) is 129 cm³/mol. The van der Waals surface area contributed by atoms with Gasteiger partial charge in [-0.1, -0.05) is 12.8 Å². The molecule has 0 radical (unpaired) electrons. The van der Waals surface area contributed by atoms with Gasteiger partial charge in [0, 0.05) is 43.7 Å². The molecule has 8 nitrogen and oxygen atoms in total. The number of rotatable bonds is 7. The first-order valence-corrected chi connectivity index (χ1v) is 14.2. The van der Waals surface area contributed by atoms with Gasteiger partial charge in [0.1, 0.15) is 5.54 Å². The minimum absolute atomic E-state index is 0.0487. The lowest BCUT2D eigenvalue weighted by atomic mass is 9.77. The summed E-state index contributed by atoms with van der Waals surface area (Å²) in [5, 5.41) is 12.2. The Labute approximate surface area is 214 Å². The largest absolute Gasteiger partial charge is 0.390 e. The van der Waals surface area contributed by atoms with E-state index in [1.165, 1.54) is 12.1 Å². The van der Waals surface area contributed by atoms with Crippen LogP contribution < -0.4 is 10.2 Å². The van der Waals surface area contributed by atoms with Crippen LogP contribution in [-0.2, 0) is 19.4 Å². The molecule has 0 spiro atoms. The number of sulfone groups is 1. The zero-order valence-corrected chi connectivity index (χ0v) is 21.3. The summed E-state index contributed by atoms with van der Waals surface area (Å²) in [6.07, 6.45) is -1.63. The number of nitrogens with zero attached hydrogens (tertiary/aromatic N) is 3. The molecule has 2 saturated carbocycles. The lowest BCUT2D eigenvalue weighted by molar-refractivity contribution is -0.144. The number of halogens is 3. The maximum absolute atomic E-state index is 13.4. The van der Waals surface area contributed by atoms with Gasteiger partial charge in [0.05, 0.1) is 23.1 Å². The number of hydrogen-bond donors (Lipinski definition) is 1. The molecular weight excluding hydrogens is 509 g/mol. The van der Waals surface area contributed by atoms with Gasteiger partial charge in [0.15, 0.2) is 9.84 Å². The van der Waals surface area contributed by atoms with Crippen molar-refractivity contribution in [2.24, 2.45) is 11.8 Å². The van der Waals surface area contributed by atoms with E-state index in [2.05, 4.69) is 11.4 Å². The Morgan fingerprint density at radius 1 is 1.03 bits per heavy atom. The standard InChI is InChI=1S/C25H31F3N4O4S/c26-25(27,28)11-16-37(35,36)19-7-5-18(6-8-19)31-12-14-32(15-13-31)23(34)21-4-2-1-3-20(21)22(33)30-24(17-29)9-10-24/h5-8,20-21H,1-4,9-16H2,(H,30,33)/t20-,21-/m1/s1. The van der Waals surface area contributed by atoms with Crippen molar-refractivity contribution in [2.45, 2.75) is 61.6 Å². The SMILES string of the molecule is N#CC1(NC(=O)[C@@H]2CCCC[C@H]2C(=O)N2CCN(c3ccc(S(=O)(=O)CCC(F)(F)F)cc3)CC2)CC1. The maximum atomic E-state index is 13.4. The molecule has 3 fully saturated rings. The average molecular weight is 541 g/mol. The third kappa shape index (κ3) is 6.55. The highest BCUT2D eigenvalue weighted by atomic mass is 32.2. The van der Waals surface area contributed by atoms with Crippen LogP contribution in [-0.4, -0.2) is 68.8 Å². The monoisotopic (exact) mass is 540 g/mol. The molecule has 1 saturated heterocycles. The predicted octanol–water partition coefficient (Wildman–Crippen LogP) is 3.04. The van der Waals surface area contributed by atoms with Crippen LogP contribution in [0.1, 0.15) is 44.9 Å². The van der Waals surface area contributed by atoms with Crippen LogP contribution in [0.15, 0.2) is 29.2 Å². The summed E-state index contributed by atoms with van der Waals surface area (Å²) in [7, 11) is -4.04. The van der Waals surface area contributed by atoms with E-state index in [1.807, 2.05) is 4.90 Å². The van der Waals surface area contributed by atoms with Gasteiger partial charge in [-0.05, 0) is 49.9 Å². The van der Waals surface area contributed by atoms with Crippen LogP contribution in [0.2, 0.25) is 0 Å². The van der Waals surface area contributed by atoms with E-state index in [0.717, 1.165) is 18.5 Å². The molecule has 3 aliphatic rings. The molecule has 1 aliphatic heterocycles. The Morgan fingerprint density at radius 2 is 1.62 bits per heavy atom. The number of hydrogen-bond acceptors (Lipinski definition) is 6. The number of piperazine rings is 1. The smallest absolute Gasteiger partial charge is 0.368 e. The number of nitrogens with one attached hydrogen (secondary N) is 1. The highest BCUT2D eigenvalue weighted by Crippen LogP contribution is 2.37. The highest BCUT2D eigenvalue weighted by Gasteiger charge is 2.47. The molecule has 4 rings (SSSR count). The normalized spacial score (nSPS) is 23.7. The second kappa shape index (κ2) is 10.5. The number of anilines is 1. The van der Waals surface area contributed by atoms with Gasteiger partial charge in [-0.25, -0.2) is 8.42 Å². The number of carbonyl (C=O) groups is 2. The molecule has 1 aromatic carbocycles. The van der Waals surface area contributed by atoms with Crippen molar-refractivity contribution in [2.75, 3.05) is 36.8 Å². The Kier molecular flexibility index (Phi) is 7.74. The van der Waals surface area contributed by atoms with Crippen molar-refractivity contribution >= 4 is 27.3 Å². The molecule has 12 heteroatoms. The van der Waals surface area contributed by atoms with Crippen molar-refractivity contribution in [3.63, 3.8) is 0 Å². The van der Waals surface area contributed by atoms with E-state index in [4.69, 9.17) is 0 Å². The number of carbonyl (C=O) groups excluding carboxylic acids is 2. The lowest BCUT2D eigenvalue weighted by Crippen LogP contribution is -2.53. The first kappa shape index (κ1) is 27.2. The topological polar surface area (TPSA) is 111 Å². The minimum Gasteiger partial charge on any atom is -0.368 e. The number of nitriles is 1. The Balaban J connectivity index is 1.33. The van der Waals surface area contributed by atoms with Gasteiger partial charge in [-0.3, -0.25) is 9.59 Å². The fourth-order valence-electron chi connectivity index (χ4n) is 5.11. The molecule has 0 aromatic heterocycles. The number of alkyl halides is 3. The van der Waals surface area contributed by atoms with E-state index >= 15 is 0 Å². The van der Waals surface area contributed by atoms with Gasteiger partial charge in [-0.15, -0.1) is 0 Å². The van der Waals surface area contributed by atoms with Gasteiger partial charge in [0.2, 0.25) is 11.8 Å². The zero-order chi connectivity index (χ0) is 26.8. The van der Waals surface area contributed by atoms with Crippen LogP contribution >= 0.6 is 0 Å². The van der Waals surface area contributed by atoms with Crippen molar-refractivity contribution in [3.8, 4) is 6.07 Å². The number of amides is 2. The maximum Gasteiger partial charge on any atom is 0.390 e. The zero-order valence-electron chi connectivity index (χ0n) is 20.5. The van der Waals surface area contributed by atoms with Crippen molar-refractivity contribution in [3.05, 3.63) is 24.3 Å². The summed E-state index contributed by atoms with van der Waals surface area (Å²) in [4.78, 5) is 29.9. The molecule has 2 amide bonds.